The van der Waals surface area contributed by atoms with Gasteiger partial charge in [-0.15, -0.1) is 0 Å². The zero-order valence-electron chi connectivity index (χ0n) is 17.1. The van der Waals surface area contributed by atoms with Crippen LogP contribution in [0.4, 0.5) is 0 Å². The van der Waals surface area contributed by atoms with Gasteiger partial charge in [0.05, 0.1) is 14.2 Å². The molecule has 3 aromatic carbocycles. The number of likely N-dealkylation sites (N-methyl/N-ethyl adjacent to an activating group) is 1. The first kappa shape index (κ1) is 20.9. The molecule has 0 aliphatic rings. The van der Waals surface area contributed by atoms with E-state index in [0.717, 1.165) is 22.1 Å². The number of ketones is 1. The van der Waals surface area contributed by atoms with Crippen LogP contribution in [0.3, 0.4) is 0 Å². The molecular formula is C24H23NO5. The third kappa shape index (κ3) is 4.97. The Hall–Kier alpha value is -3.80. The Labute approximate surface area is 175 Å². The summed E-state index contributed by atoms with van der Waals surface area (Å²) in [4.78, 5) is 24.0. The molecule has 0 aliphatic heterocycles. The number of carbonyl (C=O) groups is 2. The third-order valence-corrected chi connectivity index (χ3v) is 4.58. The molecule has 0 saturated heterocycles. The van der Waals surface area contributed by atoms with Crippen LogP contribution in [0.15, 0.2) is 60.7 Å². The molecule has 6 nitrogen and oxygen atoms in total. The van der Waals surface area contributed by atoms with Gasteiger partial charge in [0.1, 0.15) is 5.75 Å². The molecule has 0 atom stereocenters. The second-order valence-electron chi connectivity index (χ2n) is 6.50. The Morgan fingerprint density at radius 2 is 1.67 bits per heavy atom. The maximum absolute atomic E-state index is 12.6. The van der Waals surface area contributed by atoms with Crippen molar-refractivity contribution in [3.05, 3.63) is 71.8 Å². The number of amides is 1. The molecule has 0 aliphatic carbocycles. The number of hydrogen-bond donors (Lipinski definition) is 1. The van der Waals surface area contributed by atoms with Crippen LogP contribution in [0.1, 0.15) is 15.9 Å². The summed E-state index contributed by atoms with van der Waals surface area (Å²) >= 11 is 0. The first-order valence-corrected chi connectivity index (χ1v) is 9.35. The fourth-order valence-electron chi connectivity index (χ4n) is 2.89. The average molecular weight is 405 g/mol. The predicted octanol–water partition coefficient (Wildman–Crippen LogP) is 3.88. The fourth-order valence-corrected chi connectivity index (χ4v) is 2.89. The lowest BCUT2D eigenvalue weighted by molar-refractivity contribution is -0.122. The van der Waals surface area contributed by atoms with Gasteiger partial charge < -0.3 is 19.5 Å². The van der Waals surface area contributed by atoms with Crippen LogP contribution in [-0.2, 0) is 4.79 Å². The van der Waals surface area contributed by atoms with E-state index in [2.05, 4.69) is 5.32 Å². The van der Waals surface area contributed by atoms with E-state index in [-0.39, 0.29) is 18.3 Å². The van der Waals surface area contributed by atoms with Crippen molar-refractivity contribution in [1.29, 1.82) is 0 Å². The Kier molecular flexibility index (Phi) is 6.70. The fraction of sp³-hybridized carbons (Fsp3) is 0.167. The highest BCUT2D eigenvalue weighted by Gasteiger charge is 2.08. The minimum atomic E-state index is -0.236. The maximum Gasteiger partial charge on any atom is 0.257 e. The van der Waals surface area contributed by atoms with Crippen molar-refractivity contribution in [3.63, 3.8) is 0 Å². The van der Waals surface area contributed by atoms with E-state index in [1.807, 2.05) is 30.3 Å². The lowest BCUT2D eigenvalue weighted by Gasteiger charge is -2.10. The van der Waals surface area contributed by atoms with Crippen molar-refractivity contribution in [2.75, 3.05) is 27.9 Å². The predicted molar refractivity (Wildman–Crippen MR) is 116 cm³/mol. The van der Waals surface area contributed by atoms with Crippen LogP contribution >= 0.6 is 0 Å². The number of rotatable bonds is 8. The van der Waals surface area contributed by atoms with E-state index < -0.39 is 0 Å². The summed E-state index contributed by atoms with van der Waals surface area (Å²) in [5, 5.41) is 4.46. The van der Waals surface area contributed by atoms with Crippen LogP contribution in [0, 0.1) is 0 Å². The molecule has 3 aromatic rings. The molecule has 0 saturated carbocycles. The first-order chi connectivity index (χ1) is 14.5. The maximum atomic E-state index is 12.6. The highest BCUT2D eigenvalue weighted by Crippen LogP contribution is 2.28. The van der Waals surface area contributed by atoms with Crippen LogP contribution in [0.5, 0.6) is 17.2 Å². The number of fused-ring (bicyclic) bond motifs is 1. The van der Waals surface area contributed by atoms with E-state index >= 15 is 0 Å². The number of ether oxygens (including phenoxy) is 3. The molecular weight excluding hydrogens is 382 g/mol. The van der Waals surface area contributed by atoms with E-state index in [9.17, 15) is 9.59 Å². The van der Waals surface area contributed by atoms with Gasteiger partial charge in [0.2, 0.25) is 0 Å². The number of allylic oxidation sites excluding steroid dienone is 1. The van der Waals surface area contributed by atoms with Gasteiger partial charge in [0.25, 0.3) is 5.91 Å². The topological polar surface area (TPSA) is 73.9 Å². The van der Waals surface area contributed by atoms with Gasteiger partial charge in [-0.3, -0.25) is 9.59 Å². The Balaban J connectivity index is 1.75. The molecule has 0 bridgehead atoms. The second-order valence-corrected chi connectivity index (χ2v) is 6.50. The SMILES string of the molecule is CNC(=O)COc1ccc(/C=C/C(=O)c2ccc3cc(OC)ccc3c2)cc1OC. The third-order valence-electron chi connectivity index (χ3n) is 4.58. The molecule has 0 radical (unpaired) electrons. The van der Waals surface area contributed by atoms with Crippen LogP contribution in [0.2, 0.25) is 0 Å². The van der Waals surface area contributed by atoms with Crippen LogP contribution < -0.4 is 19.5 Å². The van der Waals surface area contributed by atoms with Crippen molar-refractivity contribution in [2.45, 2.75) is 0 Å². The van der Waals surface area contributed by atoms with Crippen molar-refractivity contribution in [1.82, 2.24) is 5.32 Å². The molecule has 0 aromatic heterocycles. The number of hydrogen-bond acceptors (Lipinski definition) is 5. The van der Waals surface area contributed by atoms with Crippen LogP contribution in [0.25, 0.3) is 16.8 Å². The first-order valence-electron chi connectivity index (χ1n) is 9.35. The molecule has 0 spiro atoms. The summed E-state index contributed by atoms with van der Waals surface area (Å²) in [6.45, 7) is -0.103. The number of nitrogens with one attached hydrogen (secondary N) is 1. The quantitative estimate of drug-likeness (QED) is 0.455. The van der Waals surface area contributed by atoms with Crippen molar-refractivity contribution < 1.29 is 23.8 Å². The van der Waals surface area contributed by atoms with Gasteiger partial charge in [0, 0.05) is 12.6 Å². The van der Waals surface area contributed by atoms with Gasteiger partial charge in [0.15, 0.2) is 23.9 Å². The summed E-state index contributed by atoms with van der Waals surface area (Å²) in [6, 6.07) is 16.5. The summed E-state index contributed by atoms with van der Waals surface area (Å²) in [5.41, 5.74) is 1.37. The standard InChI is InChI=1S/C24H23NO5/c1-25-24(27)15-30-22-11-5-16(12-23(22)29-3)4-10-21(26)19-7-6-18-14-20(28-2)9-8-17(18)13-19/h4-14H,15H2,1-3H3,(H,25,27)/b10-4+. The molecule has 0 unspecified atom stereocenters. The normalized spacial score (nSPS) is 10.8. The van der Waals surface area contributed by atoms with Crippen molar-refractivity contribution in [2.24, 2.45) is 0 Å². The summed E-state index contributed by atoms with van der Waals surface area (Å²) in [6.07, 6.45) is 3.23. The summed E-state index contributed by atoms with van der Waals surface area (Å²) in [5.74, 6) is 1.37. The number of carbonyl (C=O) groups excluding carboxylic acids is 2. The monoisotopic (exact) mass is 405 g/mol. The molecule has 1 amide bonds. The van der Waals surface area contributed by atoms with E-state index in [1.54, 1.807) is 44.5 Å². The zero-order valence-corrected chi connectivity index (χ0v) is 17.1. The second kappa shape index (κ2) is 9.60. The molecule has 6 heteroatoms. The van der Waals surface area contributed by atoms with Gasteiger partial charge >= 0.3 is 0 Å². The molecule has 3 rings (SSSR count). The zero-order chi connectivity index (χ0) is 21.5. The van der Waals surface area contributed by atoms with Crippen molar-refractivity contribution in [3.8, 4) is 17.2 Å². The van der Waals surface area contributed by atoms with E-state index in [4.69, 9.17) is 14.2 Å². The highest BCUT2D eigenvalue weighted by molar-refractivity contribution is 6.08. The lowest BCUT2D eigenvalue weighted by atomic mass is 10.0. The minimum Gasteiger partial charge on any atom is -0.497 e. The lowest BCUT2D eigenvalue weighted by Crippen LogP contribution is -2.24. The molecule has 1 N–H and O–H groups in total. The molecule has 154 valence electrons. The Morgan fingerprint density at radius 3 is 2.40 bits per heavy atom. The average Bonchev–Trinajstić information content (AvgIpc) is 2.80. The van der Waals surface area contributed by atoms with Gasteiger partial charge in [-0.25, -0.2) is 0 Å². The smallest absolute Gasteiger partial charge is 0.257 e. The van der Waals surface area contributed by atoms with Crippen molar-refractivity contribution >= 4 is 28.5 Å². The highest BCUT2D eigenvalue weighted by atomic mass is 16.5. The summed E-state index contributed by atoms with van der Waals surface area (Å²) < 4.78 is 16.0. The summed E-state index contributed by atoms with van der Waals surface area (Å²) in [7, 11) is 4.68. The molecule has 30 heavy (non-hydrogen) atoms. The minimum absolute atomic E-state index is 0.103. The van der Waals surface area contributed by atoms with E-state index in [0.29, 0.717) is 17.1 Å². The molecule has 0 heterocycles. The van der Waals surface area contributed by atoms with Crippen LogP contribution in [-0.4, -0.2) is 39.6 Å². The molecule has 0 fully saturated rings. The number of methoxy groups -OCH3 is 2. The Bertz CT molecular complexity index is 1100. The van der Waals surface area contributed by atoms with Gasteiger partial charge in [-0.2, -0.15) is 0 Å². The van der Waals surface area contributed by atoms with Gasteiger partial charge in [-0.05, 0) is 52.7 Å². The van der Waals surface area contributed by atoms with Gasteiger partial charge in [-0.1, -0.05) is 30.3 Å². The Morgan fingerprint density at radius 1 is 0.900 bits per heavy atom. The number of benzene rings is 3. The van der Waals surface area contributed by atoms with E-state index in [1.165, 1.54) is 13.2 Å². The largest absolute Gasteiger partial charge is 0.497 e.